The van der Waals surface area contributed by atoms with E-state index in [0.717, 1.165) is 0 Å². The summed E-state index contributed by atoms with van der Waals surface area (Å²) in [6.45, 7) is 1.40. The monoisotopic (exact) mass is 378 g/mol. The van der Waals surface area contributed by atoms with Crippen molar-refractivity contribution in [2.24, 2.45) is 5.92 Å². The molecule has 1 amide bonds. The van der Waals surface area contributed by atoms with E-state index in [-0.39, 0.29) is 10.8 Å². The van der Waals surface area contributed by atoms with Gasteiger partial charge in [-0.05, 0) is 24.6 Å². The Morgan fingerprint density at radius 1 is 1.30 bits per heavy atom. The van der Waals surface area contributed by atoms with Crippen LogP contribution >= 0.6 is 23.2 Å². The molecule has 1 aromatic rings. The average molecular weight is 379 g/mol. The number of sulfonamides is 1. The van der Waals surface area contributed by atoms with Crippen molar-refractivity contribution < 1.29 is 17.9 Å². The predicted octanol–water partition coefficient (Wildman–Crippen LogP) is 1.84. The Morgan fingerprint density at radius 2 is 1.96 bits per heavy atom. The van der Waals surface area contributed by atoms with E-state index in [1.165, 1.54) is 16.4 Å². The van der Waals surface area contributed by atoms with Crippen LogP contribution in [-0.2, 0) is 19.6 Å². The van der Waals surface area contributed by atoms with E-state index < -0.39 is 20.3 Å². The summed E-state index contributed by atoms with van der Waals surface area (Å²) in [5.74, 6) is -0.777. The standard InChI is InChI=1S/C14H16Cl2N2O4S/c15-14(16)9-12(14)13(19)17-10-2-1-3-11(8-10)23(20,21)18-4-6-22-7-5-18/h1-3,8,12H,4-7,9H2,(H,17,19)/t12-/m1/s1. The highest BCUT2D eigenvalue weighted by Gasteiger charge is 2.56. The number of nitrogens with zero attached hydrogens (tertiary/aromatic N) is 1. The largest absolute Gasteiger partial charge is 0.379 e. The fourth-order valence-electron chi connectivity index (χ4n) is 2.40. The van der Waals surface area contributed by atoms with Crippen molar-refractivity contribution in [3.05, 3.63) is 24.3 Å². The topological polar surface area (TPSA) is 75.7 Å². The van der Waals surface area contributed by atoms with Gasteiger partial charge in [-0.3, -0.25) is 4.79 Å². The summed E-state index contributed by atoms with van der Waals surface area (Å²) in [5, 5.41) is 2.66. The number of ether oxygens (including phenoxy) is 1. The molecule has 1 aromatic carbocycles. The summed E-state index contributed by atoms with van der Waals surface area (Å²) in [4.78, 5) is 12.1. The van der Waals surface area contributed by atoms with E-state index >= 15 is 0 Å². The smallest absolute Gasteiger partial charge is 0.243 e. The molecule has 1 aliphatic heterocycles. The number of benzene rings is 1. The zero-order valence-electron chi connectivity index (χ0n) is 12.2. The van der Waals surface area contributed by atoms with Crippen LogP contribution in [0.1, 0.15) is 6.42 Å². The maximum absolute atomic E-state index is 12.6. The van der Waals surface area contributed by atoms with Gasteiger partial charge >= 0.3 is 0 Å². The summed E-state index contributed by atoms with van der Waals surface area (Å²) in [6.07, 6.45) is 0.397. The normalized spacial score (nSPS) is 24.2. The Labute approximate surface area is 144 Å². The summed E-state index contributed by atoms with van der Waals surface area (Å²) in [7, 11) is -3.60. The molecule has 1 N–H and O–H groups in total. The highest BCUT2D eigenvalue weighted by molar-refractivity contribution is 7.89. The maximum atomic E-state index is 12.6. The first-order chi connectivity index (χ1) is 10.8. The first kappa shape index (κ1) is 17.0. The van der Waals surface area contributed by atoms with Crippen LogP contribution < -0.4 is 5.32 Å². The second-order valence-electron chi connectivity index (χ2n) is 5.55. The third-order valence-corrected chi connectivity index (χ3v) is 6.58. The molecule has 1 aliphatic carbocycles. The van der Waals surface area contributed by atoms with E-state index in [4.69, 9.17) is 27.9 Å². The highest BCUT2D eigenvalue weighted by atomic mass is 35.5. The zero-order chi connectivity index (χ0) is 16.7. The van der Waals surface area contributed by atoms with Crippen molar-refractivity contribution in [1.82, 2.24) is 4.31 Å². The van der Waals surface area contributed by atoms with E-state index in [1.54, 1.807) is 12.1 Å². The molecule has 1 atom stereocenters. The Morgan fingerprint density at radius 3 is 2.57 bits per heavy atom. The predicted molar refractivity (Wildman–Crippen MR) is 87.2 cm³/mol. The van der Waals surface area contributed by atoms with Crippen LogP contribution in [0.2, 0.25) is 0 Å². The third kappa shape index (κ3) is 3.64. The van der Waals surface area contributed by atoms with Crippen LogP contribution in [-0.4, -0.2) is 49.3 Å². The minimum absolute atomic E-state index is 0.135. The molecule has 1 heterocycles. The minimum atomic E-state index is -3.60. The second-order valence-corrected chi connectivity index (χ2v) is 9.03. The van der Waals surface area contributed by atoms with Gasteiger partial charge in [0.15, 0.2) is 0 Å². The van der Waals surface area contributed by atoms with Crippen molar-refractivity contribution in [2.75, 3.05) is 31.6 Å². The lowest BCUT2D eigenvalue weighted by Crippen LogP contribution is -2.40. The number of halogens is 2. The third-order valence-electron chi connectivity index (χ3n) is 3.85. The summed E-state index contributed by atoms with van der Waals surface area (Å²) >= 11 is 11.7. The quantitative estimate of drug-likeness (QED) is 0.811. The lowest BCUT2D eigenvalue weighted by molar-refractivity contribution is -0.117. The highest BCUT2D eigenvalue weighted by Crippen LogP contribution is 2.53. The average Bonchev–Trinajstić information content (AvgIpc) is 3.17. The van der Waals surface area contributed by atoms with Crippen molar-refractivity contribution in [2.45, 2.75) is 15.6 Å². The summed E-state index contributed by atoms with van der Waals surface area (Å²) < 4.78 is 30.7. The van der Waals surface area contributed by atoms with Crippen LogP contribution in [0.3, 0.4) is 0 Å². The van der Waals surface area contributed by atoms with Gasteiger partial charge in [0.25, 0.3) is 0 Å². The number of carbonyl (C=O) groups excluding carboxylic acids is 1. The number of morpholine rings is 1. The molecule has 0 aromatic heterocycles. The van der Waals surface area contributed by atoms with Crippen molar-refractivity contribution in [1.29, 1.82) is 0 Å². The molecule has 3 rings (SSSR count). The van der Waals surface area contributed by atoms with Gasteiger partial charge in [0.1, 0.15) is 4.33 Å². The molecule has 0 unspecified atom stereocenters. The molecule has 0 spiro atoms. The Hall–Kier alpha value is -0.860. The van der Waals surface area contributed by atoms with Gasteiger partial charge in [-0.2, -0.15) is 4.31 Å². The number of amides is 1. The van der Waals surface area contributed by atoms with Gasteiger partial charge in [-0.1, -0.05) is 6.07 Å². The molecule has 1 saturated carbocycles. The second kappa shape index (κ2) is 6.22. The van der Waals surface area contributed by atoms with Gasteiger partial charge < -0.3 is 10.1 Å². The van der Waals surface area contributed by atoms with Gasteiger partial charge in [-0.25, -0.2) is 8.42 Å². The number of anilines is 1. The van der Waals surface area contributed by atoms with E-state index in [2.05, 4.69) is 5.32 Å². The van der Waals surface area contributed by atoms with Crippen molar-refractivity contribution in [3.63, 3.8) is 0 Å². The number of hydrogen-bond donors (Lipinski definition) is 1. The molecule has 6 nitrogen and oxygen atoms in total. The zero-order valence-corrected chi connectivity index (χ0v) is 14.5. The first-order valence-electron chi connectivity index (χ1n) is 7.17. The lowest BCUT2D eigenvalue weighted by Gasteiger charge is -2.26. The minimum Gasteiger partial charge on any atom is -0.379 e. The number of alkyl halides is 2. The number of carbonyl (C=O) groups is 1. The summed E-state index contributed by atoms with van der Waals surface area (Å²) in [5.41, 5.74) is 0.403. The molecular formula is C14H16Cl2N2O4S. The maximum Gasteiger partial charge on any atom is 0.243 e. The van der Waals surface area contributed by atoms with E-state index in [9.17, 15) is 13.2 Å². The molecule has 0 bridgehead atoms. The molecule has 0 radical (unpaired) electrons. The number of nitrogens with one attached hydrogen (secondary N) is 1. The first-order valence-corrected chi connectivity index (χ1v) is 9.37. The fraction of sp³-hybridized carbons (Fsp3) is 0.500. The van der Waals surface area contributed by atoms with Crippen LogP contribution in [0.15, 0.2) is 29.2 Å². The molecule has 9 heteroatoms. The van der Waals surface area contributed by atoms with Crippen LogP contribution in [0.5, 0.6) is 0 Å². The lowest BCUT2D eigenvalue weighted by atomic mass is 10.3. The molecule has 126 valence electrons. The fourth-order valence-corrected chi connectivity index (χ4v) is 4.36. The van der Waals surface area contributed by atoms with Gasteiger partial charge in [-0.15, -0.1) is 23.2 Å². The number of rotatable bonds is 4. The Kier molecular flexibility index (Phi) is 4.59. The van der Waals surface area contributed by atoms with Crippen LogP contribution in [0, 0.1) is 5.92 Å². The SMILES string of the molecule is O=C(Nc1cccc(S(=O)(=O)N2CCOCC2)c1)[C@H]1CC1(Cl)Cl. The Balaban J connectivity index is 1.75. The van der Waals surface area contributed by atoms with E-state index in [0.29, 0.717) is 38.4 Å². The molecule has 23 heavy (non-hydrogen) atoms. The molecule has 2 aliphatic rings. The van der Waals surface area contributed by atoms with Gasteiger partial charge in [0, 0.05) is 18.8 Å². The molecule has 2 fully saturated rings. The van der Waals surface area contributed by atoms with Crippen molar-refractivity contribution in [3.8, 4) is 0 Å². The molecule has 1 saturated heterocycles. The summed E-state index contributed by atoms with van der Waals surface area (Å²) in [6, 6.07) is 6.16. The van der Waals surface area contributed by atoms with Crippen LogP contribution in [0.4, 0.5) is 5.69 Å². The number of hydrogen-bond acceptors (Lipinski definition) is 4. The van der Waals surface area contributed by atoms with Crippen LogP contribution in [0.25, 0.3) is 0 Å². The van der Waals surface area contributed by atoms with Crippen molar-refractivity contribution >= 4 is 44.8 Å². The van der Waals surface area contributed by atoms with Gasteiger partial charge in [0.2, 0.25) is 15.9 Å². The van der Waals surface area contributed by atoms with E-state index in [1.807, 2.05) is 0 Å². The Bertz CT molecular complexity index is 717. The van der Waals surface area contributed by atoms with Gasteiger partial charge in [0.05, 0.1) is 24.0 Å². The molecular weight excluding hydrogens is 363 g/mol.